The van der Waals surface area contributed by atoms with Gasteiger partial charge in [-0.05, 0) is 18.2 Å². The number of ether oxygens (including phenoxy) is 1. The molecule has 0 radical (unpaired) electrons. The van der Waals surface area contributed by atoms with Gasteiger partial charge in [0.1, 0.15) is 5.65 Å². The number of nitrogens with zero attached hydrogens (tertiary/aromatic N) is 2. The summed E-state index contributed by atoms with van der Waals surface area (Å²) in [5.74, 6) is -1.46. The molecule has 3 rings (SSSR count). The Morgan fingerprint density at radius 1 is 1.16 bits per heavy atom. The standard InChI is InChI=1S/C18H14ClN3O3/c19-17-13(22-11-5-4-8-14(22)21-17)9-10-15(23)25-16(18(20)24)12-6-2-1-3-7-12/h1-11,16H,(H2,20,24)/b10-9+. The summed E-state index contributed by atoms with van der Waals surface area (Å²) < 4.78 is 6.91. The molecule has 6 nitrogen and oxygen atoms in total. The fourth-order valence-corrected chi connectivity index (χ4v) is 2.60. The molecule has 2 heterocycles. The van der Waals surface area contributed by atoms with Gasteiger partial charge >= 0.3 is 5.97 Å². The van der Waals surface area contributed by atoms with Gasteiger partial charge in [-0.1, -0.05) is 48.0 Å². The van der Waals surface area contributed by atoms with Crippen molar-refractivity contribution in [2.24, 2.45) is 5.73 Å². The molecule has 7 heteroatoms. The van der Waals surface area contributed by atoms with Crippen LogP contribution >= 0.6 is 11.6 Å². The lowest BCUT2D eigenvalue weighted by molar-refractivity contribution is -0.150. The quantitative estimate of drug-likeness (QED) is 0.563. The lowest BCUT2D eigenvalue weighted by Gasteiger charge is -2.13. The van der Waals surface area contributed by atoms with Crippen LogP contribution in [0.2, 0.25) is 5.15 Å². The van der Waals surface area contributed by atoms with Gasteiger partial charge in [0.15, 0.2) is 5.15 Å². The maximum absolute atomic E-state index is 12.1. The molecule has 1 atom stereocenters. The number of carbonyl (C=O) groups is 2. The molecule has 1 unspecified atom stereocenters. The second kappa shape index (κ2) is 7.19. The number of aromatic nitrogens is 2. The molecule has 0 saturated heterocycles. The van der Waals surface area contributed by atoms with Crippen LogP contribution in [0.1, 0.15) is 17.4 Å². The van der Waals surface area contributed by atoms with Crippen molar-refractivity contribution in [1.29, 1.82) is 0 Å². The highest BCUT2D eigenvalue weighted by molar-refractivity contribution is 6.31. The number of rotatable bonds is 5. The van der Waals surface area contributed by atoms with Crippen molar-refractivity contribution in [3.63, 3.8) is 0 Å². The number of hydrogen-bond acceptors (Lipinski definition) is 4. The van der Waals surface area contributed by atoms with E-state index in [1.807, 2.05) is 12.1 Å². The Morgan fingerprint density at radius 2 is 1.88 bits per heavy atom. The van der Waals surface area contributed by atoms with Gasteiger partial charge in [0.05, 0.1) is 5.69 Å². The second-order valence-electron chi connectivity index (χ2n) is 5.18. The van der Waals surface area contributed by atoms with E-state index in [2.05, 4.69) is 4.98 Å². The normalized spacial score (nSPS) is 12.4. The molecule has 3 aromatic rings. The van der Waals surface area contributed by atoms with Gasteiger partial charge in [-0.25, -0.2) is 9.78 Å². The SMILES string of the molecule is NC(=O)C(OC(=O)/C=C/c1c(Cl)nc2ccccn12)c1ccccc1. The Morgan fingerprint density at radius 3 is 2.60 bits per heavy atom. The number of esters is 1. The van der Waals surface area contributed by atoms with Crippen molar-refractivity contribution in [2.75, 3.05) is 0 Å². The Labute approximate surface area is 148 Å². The number of benzene rings is 1. The van der Waals surface area contributed by atoms with E-state index in [0.29, 0.717) is 16.9 Å². The fourth-order valence-electron chi connectivity index (χ4n) is 2.36. The van der Waals surface area contributed by atoms with Crippen LogP contribution in [0.5, 0.6) is 0 Å². The molecule has 126 valence electrons. The van der Waals surface area contributed by atoms with E-state index in [1.165, 1.54) is 12.2 Å². The van der Waals surface area contributed by atoms with Gasteiger partial charge in [0, 0.05) is 17.8 Å². The number of nitrogens with two attached hydrogens (primary N) is 1. The average molecular weight is 356 g/mol. The summed E-state index contributed by atoms with van der Waals surface area (Å²) in [6.45, 7) is 0. The average Bonchev–Trinajstić information content (AvgIpc) is 2.93. The first-order valence-electron chi connectivity index (χ1n) is 7.42. The van der Waals surface area contributed by atoms with E-state index in [4.69, 9.17) is 22.1 Å². The lowest BCUT2D eigenvalue weighted by atomic mass is 10.1. The molecule has 0 aliphatic rings. The number of carbonyl (C=O) groups excluding carboxylic acids is 2. The third-order valence-electron chi connectivity index (χ3n) is 3.49. The Kier molecular flexibility index (Phi) is 4.81. The van der Waals surface area contributed by atoms with Crippen molar-refractivity contribution in [2.45, 2.75) is 6.10 Å². The van der Waals surface area contributed by atoms with Gasteiger partial charge in [-0.15, -0.1) is 0 Å². The molecule has 0 aliphatic carbocycles. The number of amides is 1. The van der Waals surface area contributed by atoms with Crippen LogP contribution < -0.4 is 5.73 Å². The first-order valence-corrected chi connectivity index (χ1v) is 7.79. The molecule has 2 aromatic heterocycles. The maximum atomic E-state index is 12.1. The minimum Gasteiger partial charge on any atom is -0.444 e. The van der Waals surface area contributed by atoms with E-state index in [1.54, 1.807) is 47.0 Å². The summed E-state index contributed by atoms with van der Waals surface area (Å²) in [6, 6.07) is 14.0. The molecular weight excluding hydrogens is 342 g/mol. The smallest absolute Gasteiger partial charge is 0.331 e. The van der Waals surface area contributed by atoms with Gasteiger partial charge in [0.2, 0.25) is 6.10 Å². The molecule has 25 heavy (non-hydrogen) atoms. The molecule has 1 aromatic carbocycles. The van der Waals surface area contributed by atoms with E-state index >= 15 is 0 Å². The highest BCUT2D eigenvalue weighted by atomic mass is 35.5. The van der Waals surface area contributed by atoms with Crippen LogP contribution in [0.4, 0.5) is 0 Å². The number of halogens is 1. The number of primary amides is 1. The van der Waals surface area contributed by atoms with Crippen LogP contribution in [0.15, 0.2) is 60.8 Å². The van der Waals surface area contributed by atoms with Crippen molar-refractivity contribution in [1.82, 2.24) is 9.38 Å². The molecule has 0 bridgehead atoms. The highest BCUT2D eigenvalue weighted by Crippen LogP contribution is 2.20. The van der Waals surface area contributed by atoms with Crippen LogP contribution in [0, 0.1) is 0 Å². The van der Waals surface area contributed by atoms with Crippen molar-refractivity contribution >= 4 is 35.2 Å². The highest BCUT2D eigenvalue weighted by Gasteiger charge is 2.21. The van der Waals surface area contributed by atoms with Gasteiger partial charge in [-0.2, -0.15) is 0 Å². The monoisotopic (exact) mass is 355 g/mol. The van der Waals surface area contributed by atoms with E-state index < -0.39 is 18.0 Å². The van der Waals surface area contributed by atoms with Crippen LogP contribution in [-0.2, 0) is 14.3 Å². The topological polar surface area (TPSA) is 86.7 Å². The van der Waals surface area contributed by atoms with E-state index in [9.17, 15) is 9.59 Å². The van der Waals surface area contributed by atoms with Crippen molar-refractivity contribution < 1.29 is 14.3 Å². The largest absolute Gasteiger partial charge is 0.444 e. The Balaban J connectivity index is 1.80. The van der Waals surface area contributed by atoms with Crippen LogP contribution in [-0.4, -0.2) is 21.3 Å². The zero-order chi connectivity index (χ0) is 17.8. The second-order valence-corrected chi connectivity index (χ2v) is 5.54. The minimum absolute atomic E-state index is 0.254. The molecule has 1 amide bonds. The Hall–Kier alpha value is -3.12. The Bertz CT molecular complexity index is 951. The number of pyridine rings is 1. The van der Waals surface area contributed by atoms with Gasteiger partial charge in [-0.3, -0.25) is 9.20 Å². The summed E-state index contributed by atoms with van der Waals surface area (Å²) in [7, 11) is 0. The van der Waals surface area contributed by atoms with Crippen molar-refractivity contribution in [3.8, 4) is 0 Å². The molecule has 0 spiro atoms. The minimum atomic E-state index is -1.16. The predicted molar refractivity (Wildman–Crippen MR) is 93.7 cm³/mol. The van der Waals surface area contributed by atoms with Gasteiger partial charge < -0.3 is 10.5 Å². The molecule has 0 aliphatic heterocycles. The van der Waals surface area contributed by atoms with Crippen LogP contribution in [0.25, 0.3) is 11.7 Å². The summed E-state index contributed by atoms with van der Waals surface area (Å²) in [5, 5.41) is 0.254. The molecule has 2 N–H and O–H groups in total. The first-order chi connectivity index (χ1) is 12.1. The predicted octanol–water partition coefficient (Wildman–Crippen LogP) is 2.77. The maximum Gasteiger partial charge on any atom is 0.331 e. The third-order valence-corrected chi connectivity index (χ3v) is 3.77. The lowest BCUT2D eigenvalue weighted by Crippen LogP contribution is -2.25. The first kappa shape index (κ1) is 16.7. The summed E-state index contributed by atoms with van der Waals surface area (Å²) in [6.07, 6.45) is 3.28. The number of fused-ring (bicyclic) bond motifs is 1. The third kappa shape index (κ3) is 3.70. The fraction of sp³-hybridized carbons (Fsp3) is 0.0556. The molecule has 0 fully saturated rings. The number of imidazole rings is 1. The summed E-state index contributed by atoms with van der Waals surface area (Å²) in [5.41, 5.74) is 7.02. The zero-order valence-corrected chi connectivity index (χ0v) is 13.8. The molecule has 0 saturated carbocycles. The summed E-state index contributed by atoms with van der Waals surface area (Å²) >= 11 is 6.09. The zero-order valence-electron chi connectivity index (χ0n) is 13.0. The molecular formula is C18H14ClN3O3. The van der Waals surface area contributed by atoms with Crippen molar-refractivity contribution in [3.05, 3.63) is 77.2 Å². The summed E-state index contributed by atoms with van der Waals surface area (Å²) in [4.78, 5) is 27.8. The van der Waals surface area contributed by atoms with E-state index in [-0.39, 0.29) is 5.15 Å². The van der Waals surface area contributed by atoms with Gasteiger partial charge in [0.25, 0.3) is 5.91 Å². The number of hydrogen-bond donors (Lipinski definition) is 1. The van der Waals surface area contributed by atoms with Crippen LogP contribution in [0.3, 0.4) is 0 Å². The van der Waals surface area contributed by atoms with E-state index in [0.717, 1.165) is 0 Å².